The first-order valence-corrected chi connectivity index (χ1v) is 8.48. The molecule has 0 amide bonds. The highest BCUT2D eigenvalue weighted by molar-refractivity contribution is 4.78. The summed E-state index contributed by atoms with van der Waals surface area (Å²) in [5, 5.41) is 0. The van der Waals surface area contributed by atoms with Crippen LogP contribution in [-0.4, -0.2) is 37.7 Å². The minimum Gasteiger partial charge on any atom is -0.379 e. The predicted molar refractivity (Wildman–Crippen MR) is 88.1 cm³/mol. The SMILES string of the molecule is CC(C)(C)CCCCC(CN1CCOCC1)C(C)(C)C. The van der Waals surface area contributed by atoms with Crippen LogP contribution in [0.3, 0.4) is 0 Å². The second kappa shape index (κ2) is 7.79. The summed E-state index contributed by atoms with van der Waals surface area (Å²) in [5.41, 5.74) is 0.904. The summed E-state index contributed by atoms with van der Waals surface area (Å²) in [6.45, 7) is 19.6. The average Bonchev–Trinajstić information content (AvgIpc) is 2.32. The quantitative estimate of drug-likeness (QED) is 0.661. The standard InChI is InChI=1S/C18H37NO/c1-17(2,3)10-8-7-9-16(18(4,5)6)15-19-11-13-20-14-12-19/h16H,7-15H2,1-6H3. The zero-order chi connectivity index (χ0) is 15.2. The summed E-state index contributed by atoms with van der Waals surface area (Å²) in [6.07, 6.45) is 5.47. The zero-order valence-electron chi connectivity index (χ0n) is 14.8. The molecule has 20 heavy (non-hydrogen) atoms. The van der Waals surface area contributed by atoms with E-state index in [2.05, 4.69) is 46.4 Å². The summed E-state index contributed by atoms with van der Waals surface area (Å²) >= 11 is 0. The topological polar surface area (TPSA) is 12.5 Å². The van der Waals surface area contributed by atoms with Crippen molar-refractivity contribution in [1.29, 1.82) is 0 Å². The predicted octanol–water partition coefficient (Wildman–Crippen LogP) is 4.59. The molecule has 120 valence electrons. The summed E-state index contributed by atoms with van der Waals surface area (Å²) in [6, 6.07) is 0. The lowest BCUT2D eigenvalue weighted by Gasteiger charge is -2.37. The molecular weight excluding hydrogens is 246 g/mol. The normalized spacial score (nSPS) is 20.1. The molecule has 1 saturated heterocycles. The lowest BCUT2D eigenvalue weighted by molar-refractivity contribution is 0.0184. The molecule has 0 aromatic carbocycles. The van der Waals surface area contributed by atoms with Gasteiger partial charge in [0.15, 0.2) is 0 Å². The molecule has 2 nitrogen and oxygen atoms in total. The van der Waals surface area contributed by atoms with E-state index in [0.29, 0.717) is 10.8 Å². The number of hydrogen-bond donors (Lipinski definition) is 0. The molecule has 1 atom stereocenters. The summed E-state index contributed by atoms with van der Waals surface area (Å²) in [5.74, 6) is 0.806. The maximum atomic E-state index is 5.46. The van der Waals surface area contributed by atoms with E-state index in [1.807, 2.05) is 0 Å². The van der Waals surface area contributed by atoms with Crippen LogP contribution < -0.4 is 0 Å². The van der Waals surface area contributed by atoms with Crippen molar-refractivity contribution in [3.05, 3.63) is 0 Å². The summed E-state index contributed by atoms with van der Waals surface area (Å²) < 4.78 is 5.46. The van der Waals surface area contributed by atoms with Gasteiger partial charge < -0.3 is 4.74 Å². The van der Waals surface area contributed by atoms with Gasteiger partial charge in [-0.05, 0) is 29.6 Å². The van der Waals surface area contributed by atoms with Gasteiger partial charge in [0.2, 0.25) is 0 Å². The van der Waals surface area contributed by atoms with E-state index < -0.39 is 0 Å². The first-order valence-electron chi connectivity index (χ1n) is 8.48. The van der Waals surface area contributed by atoms with Crippen LogP contribution in [0.5, 0.6) is 0 Å². The maximum absolute atomic E-state index is 5.46. The van der Waals surface area contributed by atoms with Gasteiger partial charge in [0.1, 0.15) is 0 Å². The Hall–Kier alpha value is -0.0800. The molecule has 1 aliphatic rings. The highest BCUT2D eigenvalue weighted by Crippen LogP contribution is 2.32. The third-order valence-corrected chi connectivity index (χ3v) is 4.54. The van der Waals surface area contributed by atoms with Gasteiger partial charge in [-0.3, -0.25) is 4.90 Å². The molecule has 1 fully saturated rings. The van der Waals surface area contributed by atoms with Gasteiger partial charge in [-0.1, -0.05) is 54.4 Å². The van der Waals surface area contributed by atoms with Crippen molar-refractivity contribution in [3.63, 3.8) is 0 Å². The van der Waals surface area contributed by atoms with Crippen molar-refractivity contribution in [2.45, 2.75) is 67.2 Å². The molecule has 1 heterocycles. The molecule has 1 rings (SSSR count). The van der Waals surface area contributed by atoms with Crippen LogP contribution in [0.2, 0.25) is 0 Å². The number of ether oxygens (including phenoxy) is 1. The lowest BCUT2D eigenvalue weighted by Crippen LogP contribution is -2.42. The smallest absolute Gasteiger partial charge is 0.0594 e. The third kappa shape index (κ3) is 7.64. The second-order valence-electron chi connectivity index (χ2n) is 8.78. The highest BCUT2D eigenvalue weighted by atomic mass is 16.5. The summed E-state index contributed by atoms with van der Waals surface area (Å²) in [4.78, 5) is 2.60. The number of hydrogen-bond acceptors (Lipinski definition) is 2. The Morgan fingerprint density at radius 3 is 2.05 bits per heavy atom. The molecule has 0 aliphatic carbocycles. The average molecular weight is 283 g/mol. The van der Waals surface area contributed by atoms with Gasteiger partial charge >= 0.3 is 0 Å². The number of rotatable bonds is 6. The van der Waals surface area contributed by atoms with Crippen molar-refractivity contribution in [2.24, 2.45) is 16.7 Å². The highest BCUT2D eigenvalue weighted by Gasteiger charge is 2.27. The zero-order valence-corrected chi connectivity index (χ0v) is 14.8. The molecule has 1 aliphatic heterocycles. The molecule has 1 unspecified atom stereocenters. The van der Waals surface area contributed by atoms with Crippen LogP contribution in [0.25, 0.3) is 0 Å². The number of unbranched alkanes of at least 4 members (excludes halogenated alkanes) is 1. The molecule has 0 spiro atoms. The molecule has 0 aromatic rings. The van der Waals surface area contributed by atoms with Gasteiger partial charge in [-0.25, -0.2) is 0 Å². The van der Waals surface area contributed by atoms with E-state index in [-0.39, 0.29) is 0 Å². The lowest BCUT2D eigenvalue weighted by atomic mass is 9.77. The fourth-order valence-electron chi connectivity index (χ4n) is 2.94. The van der Waals surface area contributed by atoms with Crippen LogP contribution in [0.1, 0.15) is 67.2 Å². The van der Waals surface area contributed by atoms with E-state index in [0.717, 1.165) is 32.2 Å². The maximum Gasteiger partial charge on any atom is 0.0594 e. The minimum absolute atomic E-state index is 0.417. The van der Waals surface area contributed by atoms with Crippen LogP contribution >= 0.6 is 0 Å². The Bertz CT molecular complexity index is 256. The van der Waals surface area contributed by atoms with Gasteiger partial charge in [0.25, 0.3) is 0 Å². The fraction of sp³-hybridized carbons (Fsp3) is 1.00. The Labute approximate surface area is 127 Å². The van der Waals surface area contributed by atoms with E-state index >= 15 is 0 Å². The van der Waals surface area contributed by atoms with Gasteiger partial charge in [-0.2, -0.15) is 0 Å². The Morgan fingerprint density at radius 2 is 1.55 bits per heavy atom. The monoisotopic (exact) mass is 283 g/mol. The van der Waals surface area contributed by atoms with Gasteiger partial charge in [0, 0.05) is 19.6 Å². The molecule has 2 heteroatoms. The molecule has 0 radical (unpaired) electrons. The van der Waals surface area contributed by atoms with Gasteiger partial charge in [-0.15, -0.1) is 0 Å². The first kappa shape index (κ1) is 18.0. The van der Waals surface area contributed by atoms with Crippen molar-refractivity contribution < 1.29 is 4.74 Å². The van der Waals surface area contributed by atoms with Crippen molar-refractivity contribution in [1.82, 2.24) is 4.90 Å². The molecule has 0 N–H and O–H groups in total. The fourth-order valence-corrected chi connectivity index (χ4v) is 2.94. The van der Waals surface area contributed by atoms with Crippen LogP contribution in [0.4, 0.5) is 0 Å². The van der Waals surface area contributed by atoms with Gasteiger partial charge in [0.05, 0.1) is 13.2 Å². The Morgan fingerprint density at radius 1 is 0.950 bits per heavy atom. The molecule has 0 saturated carbocycles. The van der Waals surface area contributed by atoms with E-state index in [9.17, 15) is 0 Å². The Balaban J connectivity index is 2.36. The number of nitrogens with zero attached hydrogens (tertiary/aromatic N) is 1. The van der Waals surface area contributed by atoms with Crippen molar-refractivity contribution >= 4 is 0 Å². The van der Waals surface area contributed by atoms with Crippen LogP contribution in [-0.2, 0) is 4.74 Å². The van der Waals surface area contributed by atoms with Crippen molar-refractivity contribution in [3.8, 4) is 0 Å². The van der Waals surface area contributed by atoms with E-state index in [1.54, 1.807) is 0 Å². The third-order valence-electron chi connectivity index (χ3n) is 4.54. The molecule has 0 aromatic heterocycles. The van der Waals surface area contributed by atoms with E-state index in [4.69, 9.17) is 4.74 Å². The van der Waals surface area contributed by atoms with Crippen molar-refractivity contribution in [2.75, 3.05) is 32.8 Å². The van der Waals surface area contributed by atoms with Crippen LogP contribution in [0.15, 0.2) is 0 Å². The number of morpholine rings is 1. The largest absolute Gasteiger partial charge is 0.379 e. The molecule has 0 bridgehead atoms. The second-order valence-corrected chi connectivity index (χ2v) is 8.78. The van der Waals surface area contributed by atoms with E-state index in [1.165, 1.54) is 32.2 Å². The molecular formula is C18H37NO. The Kier molecular flexibility index (Phi) is 7.00. The minimum atomic E-state index is 0.417. The van der Waals surface area contributed by atoms with Crippen LogP contribution in [0, 0.1) is 16.7 Å². The first-order chi connectivity index (χ1) is 9.18. The summed E-state index contributed by atoms with van der Waals surface area (Å²) in [7, 11) is 0.